The molecule has 1 saturated carbocycles. The van der Waals surface area contributed by atoms with Gasteiger partial charge in [0.2, 0.25) is 11.8 Å². The molecule has 1 saturated heterocycles. The molecule has 1 aliphatic carbocycles. The summed E-state index contributed by atoms with van der Waals surface area (Å²) in [5.74, 6) is -0.523. The molecular weight excluding hydrogens is 570 g/mol. The summed E-state index contributed by atoms with van der Waals surface area (Å²) in [6.07, 6.45) is 2.63. The van der Waals surface area contributed by atoms with Gasteiger partial charge in [0.15, 0.2) is 11.5 Å². The van der Waals surface area contributed by atoms with E-state index in [0.29, 0.717) is 36.9 Å². The van der Waals surface area contributed by atoms with Crippen molar-refractivity contribution in [2.75, 3.05) is 13.2 Å². The highest BCUT2D eigenvalue weighted by molar-refractivity contribution is 5.92. The number of nitrogens with zero attached hydrogens (tertiary/aromatic N) is 3. The Bertz CT molecular complexity index is 1330. The van der Waals surface area contributed by atoms with Gasteiger partial charge in [-0.05, 0) is 82.7 Å². The van der Waals surface area contributed by atoms with Crippen LogP contribution in [0.3, 0.4) is 0 Å². The van der Waals surface area contributed by atoms with Gasteiger partial charge in [0.05, 0.1) is 24.8 Å². The number of halogens is 2. The van der Waals surface area contributed by atoms with Gasteiger partial charge in [-0.1, -0.05) is 19.1 Å². The van der Waals surface area contributed by atoms with Crippen molar-refractivity contribution in [3.63, 3.8) is 0 Å². The van der Waals surface area contributed by atoms with E-state index in [1.165, 1.54) is 13.0 Å². The molecule has 2 aliphatic rings. The number of ether oxygens (including phenoxy) is 2. The van der Waals surface area contributed by atoms with E-state index in [4.69, 9.17) is 4.74 Å². The van der Waals surface area contributed by atoms with E-state index in [1.54, 1.807) is 47.1 Å². The maximum absolute atomic E-state index is 13.3. The third-order valence-electron chi connectivity index (χ3n) is 8.38. The molecule has 11 heteroatoms. The molecule has 4 rings (SSSR count). The molecule has 3 amide bonds. The summed E-state index contributed by atoms with van der Waals surface area (Å²) in [5.41, 5.74) is 1.71. The number of carbonyl (C=O) groups is 3. The Morgan fingerprint density at radius 2 is 1.75 bits per heavy atom. The van der Waals surface area contributed by atoms with Gasteiger partial charge < -0.3 is 24.6 Å². The summed E-state index contributed by atoms with van der Waals surface area (Å²) in [4.78, 5) is 47.0. The van der Waals surface area contributed by atoms with Gasteiger partial charge in [-0.25, -0.2) is 4.98 Å². The first kappa shape index (κ1) is 33.1. The molecule has 0 spiro atoms. The van der Waals surface area contributed by atoms with Crippen molar-refractivity contribution >= 4 is 17.7 Å². The molecule has 1 N–H and O–H groups in total. The number of benzene rings is 1. The highest BCUT2D eigenvalue weighted by atomic mass is 19.3. The van der Waals surface area contributed by atoms with Crippen LogP contribution in [0.4, 0.5) is 8.78 Å². The SMILES string of the molecule is CC(=O)N1CC(c2ccc(OC(F)F)c(OCC3CC3)c2)C[C@@H]1[C@@H](C)C(=O)NCc1cccc(C(=O)N(C(C)C)C(C)C)n1. The third-order valence-corrected chi connectivity index (χ3v) is 8.38. The van der Waals surface area contributed by atoms with E-state index in [0.717, 1.165) is 18.4 Å². The average Bonchev–Trinajstić information content (AvgIpc) is 3.69. The van der Waals surface area contributed by atoms with Crippen LogP contribution >= 0.6 is 0 Å². The molecule has 2 fully saturated rings. The quantitative estimate of drug-likeness (QED) is 0.325. The molecule has 1 unspecified atom stereocenters. The summed E-state index contributed by atoms with van der Waals surface area (Å²) in [7, 11) is 0. The van der Waals surface area contributed by atoms with Crippen LogP contribution in [0.1, 0.15) is 88.5 Å². The highest BCUT2D eigenvalue weighted by Crippen LogP contribution is 2.40. The average molecular weight is 615 g/mol. The molecule has 1 aromatic carbocycles. The second kappa shape index (κ2) is 14.3. The summed E-state index contributed by atoms with van der Waals surface area (Å²) in [6.45, 7) is 9.10. The molecule has 9 nitrogen and oxygen atoms in total. The number of nitrogens with one attached hydrogen (secondary N) is 1. The first-order valence-corrected chi connectivity index (χ1v) is 15.4. The molecule has 1 aromatic heterocycles. The number of hydrogen-bond donors (Lipinski definition) is 1. The fourth-order valence-electron chi connectivity index (χ4n) is 5.93. The Kier molecular flexibility index (Phi) is 10.8. The van der Waals surface area contributed by atoms with Gasteiger partial charge in [0.1, 0.15) is 5.69 Å². The Hall–Kier alpha value is -3.76. The number of rotatable bonds is 13. The van der Waals surface area contributed by atoms with Gasteiger partial charge in [-0.2, -0.15) is 8.78 Å². The van der Waals surface area contributed by atoms with Gasteiger partial charge >= 0.3 is 6.61 Å². The van der Waals surface area contributed by atoms with Crippen LogP contribution < -0.4 is 14.8 Å². The van der Waals surface area contributed by atoms with Crippen LogP contribution in [-0.2, 0) is 16.1 Å². The number of pyridine rings is 1. The van der Waals surface area contributed by atoms with Gasteiger partial charge in [0.25, 0.3) is 5.91 Å². The molecule has 2 aromatic rings. The first-order valence-electron chi connectivity index (χ1n) is 15.4. The Morgan fingerprint density at radius 1 is 1.05 bits per heavy atom. The van der Waals surface area contributed by atoms with Gasteiger partial charge in [0, 0.05) is 37.5 Å². The van der Waals surface area contributed by atoms with Crippen LogP contribution in [-0.4, -0.2) is 70.4 Å². The number of likely N-dealkylation sites (tertiary alicyclic amines) is 1. The number of aromatic nitrogens is 1. The van der Waals surface area contributed by atoms with Gasteiger partial charge in [-0.3, -0.25) is 14.4 Å². The van der Waals surface area contributed by atoms with Crippen molar-refractivity contribution in [1.29, 1.82) is 0 Å². The third kappa shape index (κ3) is 8.24. The molecule has 2 heterocycles. The predicted molar refractivity (Wildman–Crippen MR) is 162 cm³/mol. The summed E-state index contributed by atoms with van der Waals surface area (Å²) in [6, 6.07) is 9.77. The molecule has 44 heavy (non-hydrogen) atoms. The number of carbonyl (C=O) groups excluding carboxylic acids is 3. The number of amides is 3. The lowest BCUT2D eigenvalue weighted by molar-refractivity contribution is -0.133. The normalized spacial score (nSPS) is 18.9. The fraction of sp³-hybridized carbons (Fsp3) is 0.576. The second-order valence-electron chi connectivity index (χ2n) is 12.4. The molecule has 1 aliphatic heterocycles. The van der Waals surface area contributed by atoms with Crippen LogP contribution in [0.5, 0.6) is 11.5 Å². The number of alkyl halides is 2. The summed E-state index contributed by atoms with van der Waals surface area (Å²) < 4.78 is 36.5. The van der Waals surface area contributed by atoms with Crippen LogP contribution in [0.15, 0.2) is 36.4 Å². The van der Waals surface area contributed by atoms with Crippen molar-refractivity contribution in [3.05, 3.63) is 53.3 Å². The Balaban J connectivity index is 1.43. The maximum atomic E-state index is 13.3. The minimum Gasteiger partial charge on any atom is -0.489 e. The van der Waals surface area contributed by atoms with Crippen molar-refractivity contribution < 1.29 is 32.6 Å². The number of hydrogen-bond acceptors (Lipinski definition) is 6. The van der Waals surface area contributed by atoms with E-state index in [9.17, 15) is 23.2 Å². The van der Waals surface area contributed by atoms with Crippen molar-refractivity contribution in [3.8, 4) is 11.5 Å². The topological polar surface area (TPSA) is 101 Å². The second-order valence-corrected chi connectivity index (χ2v) is 12.4. The van der Waals surface area contributed by atoms with Crippen LogP contribution in [0, 0.1) is 11.8 Å². The van der Waals surface area contributed by atoms with E-state index in [2.05, 4.69) is 15.0 Å². The van der Waals surface area contributed by atoms with Crippen LogP contribution in [0.2, 0.25) is 0 Å². The zero-order valence-corrected chi connectivity index (χ0v) is 26.4. The lowest BCUT2D eigenvalue weighted by Crippen LogP contribution is -2.44. The first-order chi connectivity index (χ1) is 20.8. The lowest BCUT2D eigenvalue weighted by Gasteiger charge is -2.30. The Labute approximate surface area is 258 Å². The van der Waals surface area contributed by atoms with Crippen molar-refractivity contribution in [2.45, 2.75) is 98.0 Å². The maximum Gasteiger partial charge on any atom is 0.387 e. The summed E-state index contributed by atoms with van der Waals surface area (Å²) in [5, 5.41) is 2.93. The lowest BCUT2D eigenvalue weighted by atomic mass is 9.91. The summed E-state index contributed by atoms with van der Waals surface area (Å²) >= 11 is 0. The fourth-order valence-corrected chi connectivity index (χ4v) is 5.93. The smallest absolute Gasteiger partial charge is 0.387 e. The standard InChI is InChI=1S/C33H44F2N4O5/c1-19(2)39(20(3)4)32(42)27-9-7-8-26(37-27)16-36-31(41)21(5)28-14-25(17-38(28)22(6)40)24-12-13-29(44-33(34)35)30(15-24)43-18-23-10-11-23/h7-9,12-13,15,19-21,23,25,28,33H,10-11,14,16-18H2,1-6H3,(H,36,41)/t21-,25?,28-/m1/s1. The van der Waals surface area contributed by atoms with E-state index >= 15 is 0 Å². The minimum absolute atomic E-state index is 0.0127. The largest absolute Gasteiger partial charge is 0.489 e. The Morgan fingerprint density at radius 3 is 2.36 bits per heavy atom. The highest BCUT2D eigenvalue weighted by Gasteiger charge is 2.40. The van der Waals surface area contributed by atoms with Crippen molar-refractivity contribution in [1.82, 2.24) is 20.1 Å². The van der Waals surface area contributed by atoms with E-state index in [-0.39, 0.29) is 59.8 Å². The molecule has 240 valence electrons. The van der Waals surface area contributed by atoms with E-state index in [1.807, 2.05) is 27.7 Å². The molecule has 0 bridgehead atoms. The molecule has 3 atom stereocenters. The van der Waals surface area contributed by atoms with Gasteiger partial charge in [-0.15, -0.1) is 0 Å². The van der Waals surface area contributed by atoms with E-state index < -0.39 is 12.5 Å². The van der Waals surface area contributed by atoms with Crippen LogP contribution in [0.25, 0.3) is 0 Å². The minimum atomic E-state index is -2.97. The zero-order chi connectivity index (χ0) is 32.1. The zero-order valence-electron chi connectivity index (χ0n) is 26.4. The predicted octanol–water partition coefficient (Wildman–Crippen LogP) is 5.39. The van der Waals surface area contributed by atoms with Crippen molar-refractivity contribution in [2.24, 2.45) is 11.8 Å². The monoisotopic (exact) mass is 614 g/mol. The molecular formula is C33H44F2N4O5. The molecule has 0 radical (unpaired) electrons.